The molecule has 0 atom stereocenters. The van der Waals surface area contributed by atoms with Gasteiger partial charge in [0.15, 0.2) is 0 Å². The van der Waals surface area contributed by atoms with Crippen molar-refractivity contribution < 1.29 is 5.11 Å². The van der Waals surface area contributed by atoms with E-state index in [1.54, 1.807) is 6.07 Å². The van der Waals surface area contributed by atoms with Gasteiger partial charge in [0.1, 0.15) is 5.75 Å². The lowest BCUT2D eigenvalue weighted by Gasteiger charge is -2.28. The van der Waals surface area contributed by atoms with E-state index in [0.717, 1.165) is 11.5 Å². The van der Waals surface area contributed by atoms with Gasteiger partial charge in [0.2, 0.25) is 0 Å². The molecule has 1 saturated carbocycles. The van der Waals surface area contributed by atoms with Crippen LogP contribution in [0.1, 0.15) is 79.2 Å². The maximum Gasteiger partial charge on any atom is 0.119 e. The molecule has 0 bridgehead atoms. The van der Waals surface area contributed by atoms with Crippen LogP contribution in [0.3, 0.4) is 0 Å². The van der Waals surface area contributed by atoms with Gasteiger partial charge in [-0.05, 0) is 41.2 Å². The normalized spacial score (nSPS) is 15.9. The summed E-state index contributed by atoms with van der Waals surface area (Å²) in [6.45, 7) is 13.3. The Morgan fingerprint density at radius 2 is 1.57 bits per heavy atom. The van der Waals surface area contributed by atoms with Crippen LogP contribution in [0.25, 0.3) is 0 Å². The fraction of sp³-hybridized carbons (Fsp3) is 0.700. The Hall–Kier alpha value is -0.980. The maximum atomic E-state index is 9.45. The van der Waals surface area contributed by atoms with Crippen LogP contribution in [0.4, 0.5) is 0 Å². The minimum atomic E-state index is 0.0331. The highest BCUT2D eigenvalue weighted by atomic mass is 16.3. The zero-order valence-electron chi connectivity index (χ0n) is 14.9. The van der Waals surface area contributed by atoms with Crippen LogP contribution in [0.5, 0.6) is 5.75 Å². The second-order valence-corrected chi connectivity index (χ2v) is 8.66. The summed E-state index contributed by atoms with van der Waals surface area (Å²) in [4.78, 5) is 0. The monoisotopic (exact) mass is 290 g/mol. The van der Waals surface area contributed by atoms with Crippen molar-refractivity contribution in [2.45, 2.75) is 79.1 Å². The minimum absolute atomic E-state index is 0.0331. The lowest BCUT2D eigenvalue weighted by Crippen LogP contribution is -2.14. The Morgan fingerprint density at radius 1 is 1.00 bits per heavy atom. The number of phenols is 1. The minimum Gasteiger partial charge on any atom is -0.508 e. The third-order valence-corrected chi connectivity index (χ3v) is 4.24. The first kappa shape index (κ1) is 18.1. The van der Waals surface area contributed by atoms with Crippen molar-refractivity contribution in [1.29, 1.82) is 0 Å². The summed E-state index contributed by atoms with van der Waals surface area (Å²) in [6.07, 6.45) is 7.40. The van der Waals surface area contributed by atoms with Crippen molar-refractivity contribution in [3.8, 4) is 5.75 Å². The molecule has 21 heavy (non-hydrogen) atoms. The van der Waals surface area contributed by atoms with Crippen LogP contribution in [0, 0.1) is 11.3 Å². The molecule has 1 aliphatic carbocycles. The van der Waals surface area contributed by atoms with E-state index in [-0.39, 0.29) is 5.41 Å². The van der Waals surface area contributed by atoms with Crippen molar-refractivity contribution in [3.63, 3.8) is 0 Å². The van der Waals surface area contributed by atoms with Crippen molar-refractivity contribution in [2.24, 2.45) is 11.3 Å². The molecule has 0 saturated heterocycles. The van der Waals surface area contributed by atoms with Crippen molar-refractivity contribution in [2.75, 3.05) is 0 Å². The molecule has 120 valence electrons. The molecule has 0 unspecified atom stereocenters. The number of rotatable bonds is 2. The van der Waals surface area contributed by atoms with Crippen molar-refractivity contribution in [3.05, 3.63) is 29.8 Å². The first-order chi connectivity index (χ1) is 9.59. The summed E-state index contributed by atoms with van der Waals surface area (Å²) in [5, 5.41) is 9.45. The summed E-state index contributed by atoms with van der Waals surface area (Å²) in [5.41, 5.74) is 1.60. The molecule has 0 spiro atoms. The Kier molecular flexibility index (Phi) is 6.31. The molecule has 1 aromatic rings. The number of benzene rings is 1. The van der Waals surface area contributed by atoms with Crippen LogP contribution in [-0.4, -0.2) is 5.11 Å². The number of aromatic hydroxyl groups is 1. The van der Waals surface area contributed by atoms with E-state index in [1.807, 2.05) is 18.2 Å². The van der Waals surface area contributed by atoms with E-state index in [0.29, 0.717) is 11.2 Å². The Morgan fingerprint density at radius 3 is 1.90 bits per heavy atom. The van der Waals surface area contributed by atoms with Gasteiger partial charge in [-0.25, -0.2) is 0 Å². The molecule has 0 aliphatic heterocycles. The summed E-state index contributed by atoms with van der Waals surface area (Å²) in [6, 6.07) is 7.46. The highest BCUT2D eigenvalue weighted by Gasteiger charge is 2.20. The highest BCUT2D eigenvalue weighted by molar-refractivity contribution is 5.36. The second kappa shape index (κ2) is 7.33. The predicted molar refractivity (Wildman–Crippen MR) is 92.8 cm³/mol. The van der Waals surface area contributed by atoms with E-state index in [1.165, 1.54) is 32.1 Å². The lowest BCUT2D eigenvalue weighted by atomic mass is 9.78. The van der Waals surface area contributed by atoms with Gasteiger partial charge in [-0.2, -0.15) is 0 Å². The van der Waals surface area contributed by atoms with Gasteiger partial charge >= 0.3 is 0 Å². The van der Waals surface area contributed by atoms with Crippen LogP contribution < -0.4 is 0 Å². The largest absolute Gasteiger partial charge is 0.508 e. The van der Waals surface area contributed by atoms with Crippen molar-refractivity contribution in [1.82, 2.24) is 0 Å². The Labute approximate surface area is 131 Å². The fourth-order valence-corrected chi connectivity index (χ4v) is 2.53. The zero-order valence-corrected chi connectivity index (χ0v) is 14.9. The quantitative estimate of drug-likeness (QED) is 0.677. The van der Waals surface area contributed by atoms with E-state index in [2.05, 4.69) is 41.5 Å². The predicted octanol–water partition coefficient (Wildman–Crippen LogP) is 6.30. The molecule has 1 fully saturated rings. The SMILES string of the molecule is CC(C)(C)CCC1CCC1.CC(C)(C)c1ccccc1O. The zero-order chi connectivity index (χ0) is 16.1. The number of phenolic OH excluding ortho intramolecular Hbond substituents is 1. The van der Waals surface area contributed by atoms with Gasteiger partial charge in [0.25, 0.3) is 0 Å². The average Bonchev–Trinajstić information content (AvgIpc) is 2.25. The van der Waals surface area contributed by atoms with Gasteiger partial charge in [-0.15, -0.1) is 0 Å². The van der Waals surface area contributed by atoms with E-state index < -0.39 is 0 Å². The lowest BCUT2D eigenvalue weighted by molar-refractivity contribution is 0.243. The van der Waals surface area contributed by atoms with Gasteiger partial charge in [-0.1, -0.05) is 79.0 Å². The Bertz CT molecular complexity index is 416. The standard InChI is InChI=1S/C10H14O.C10H20/c1-10(2,3)8-6-4-5-7-9(8)11;1-10(2,3)8-7-9-5-4-6-9/h4-7,11H,1-3H3;9H,4-8H2,1-3H3. The molecular formula is C20H34O. The third kappa shape index (κ3) is 7.02. The molecule has 0 radical (unpaired) electrons. The van der Waals surface area contributed by atoms with Crippen LogP contribution in [0.15, 0.2) is 24.3 Å². The molecule has 0 heterocycles. The first-order valence-corrected chi connectivity index (χ1v) is 8.38. The molecule has 1 N–H and O–H groups in total. The maximum absolute atomic E-state index is 9.45. The average molecular weight is 290 g/mol. The fourth-order valence-electron chi connectivity index (χ4n) is 2.53. The Balaban J connectivity index is 0.000000211. The smallest absolute Gasteiger partial charge is 0.119 e. The van der Waals surface area contributed by atoms with Gasteiger partial charge in [0.05, 0.1) is 0 Å². The number of hydrogen-bond acceptors (Lipinski definition) is 1. The highest BCUT2D eigenvalue weighted by Crippen LogP contribution is 2.34. The van der Waals surface area contributed by atoms with Crippen LogP contribution in [0.2, 0.25) is 0 Å². The van der Waals surface area contributed by atoms with Crippen LogP contribution >= 0.6 is 0 Å². The summed E-state index contributed by atoms with van der Waals surface area (Å²) in [7, 11) is 0. The molecule has 1 aromatic carbocycles. The summed E-state index contributed by atoms with van der Waals surface area (Å²) >= 11 is 0. The second-order valence-electron chi connectivity index (χ2n) is 8.66. The summed E-state index contributed by atoms with van der Waals surface area (Å²) < 4.78 is 0. The van der Waals surface area contributed by atoms with E-state index in [9.17, 15) is 5.11 Å². The topological polar surface area (TPSA) is 20.2 Å². The molecular weight excluding hydrogens is 256 g/mol. The van der Waals surface area contributed by atoms with E-state index in [4.69, 9.17) is 0 Å². The summed E-state index contributed by atoms with van der Waals surface area (Å²) in [5.74, 6) is 1.49. The number of para-hydroxylation sites is 1. The van der Waals surface area contributed by atoms with Crippen molar-refractivity contribution >= 4 is 0 Å². The number of hydrogen-bond donors (Lipinski definition) is 1. The van der Waals surface area contributed by atoms with Gasteiger partial charge in [0, 0.05) is 0 Å². The molecule has 1 aliphatic rings. The molecule has 0 amide bonds. The molecule has 0 aromatic heterocycles. The first-order valence-electron chi connectivity index (χ1n) is 8.38. The molecule has 2 rings (SSSR count). The third-order valence-electron chi connectivity index (χ3n) is 4.24. The van der Waals surface area contributed by atoms with Gasteiger partial charge < -0.3 is 5.11 Å². The molecule has 1 heteroatoms. The molecule has 1 nitrogen and oxygen atoms in total. The van der Waals surface area contributed by atoms with E-state index >= 15 is 0 Å². The van der Waals surface area contributed by atoms with Gasteiger partial charge in [-0.3, -0.25) is 0 Å². The van der Waals surface area contributed by atoms with Crippen LogP contribution in [-0.2, 0) is 5.41 Å².